The average molecular weight is 223 g/mol. The highest BCUT2D eigenvalue weighted by atomic mass is 16.1. The highest BCUT2D eigenvalue weighted by Gasteiger charge is 2.12. The van der Waals surface area contributed by atoms with Gasteiger partial charge in [0.2, 0.25) is 0 Å². The lowest BCUT2D eigenvalue weighted by molar-refractivity contribution is 0.0964. The fourth-order valence-corrected chi connectivity index (χ4v) is 1.58. The number of ketones is 1. The number of aryl methyl sites for hydroxylation is 1. The van der Waals surface area contributed by atoms with Gasteiger partial charge in [-0.25, -0.2) is 0 Å². The predicted octanol–water partition coefficient (Wildman–Crippen LogP) is 1.85. The first-order valence-electron chi connectivity index (χ1n) is 5.94. The van der Waals surface area contributed by atoms with Crippen molar-refractivity contribution in [1.29, 1.82) is 0 Å². The Morgan fingerprint density at radius 3 is 3.00 bits per heavy atom. The molecule has 4 nitrogen and oxygen atoms in total. The molecule has 0 saturated heterocycles. The molecule has 1 aromatic rings. The molecule has 2 N–H and O–H groups in total. The van der Waals surface area contributed by atoms with E-state index >= 15 is 0 Å². The number of aromatic nitrogens is 2. The van der Waals surface area contributed by atoms with Gasteiger partial charge in [-0.1, -0.05) is 13.8 Å². The minimum Gasteiger partial charge on any atom is -0.330 e. The van der Waals surface area contributed by atoms with Crippen molar-refractivity contribution in [3.05, 3.63) is 18.0 Å². The molecule has 4 heteroatoms. The van der Waals surface area contributed by atoms with E-state index in [0.717, 1.165) is 25.1 Å². The van der Waals surface area contributed by atoms with E-state index in [9.17, 15) is 4.79 Å². The van der Waals surface area contributed by atoms with Gasteiger partial charge in [-0.05, 0) is 31.4 Å². The molecular weight excluding hydrogens is 202 g/mol. The largest absolute Gasteiger partial charge is 0.330 e. The molecule has 0 spiro atoms. The van der Waals surface area contributed by atoms with Gasteiger partial charge in [-0.3, -0.25) is 9.48 Å². The fraction of sp³-hybridized carbons (Fsp3) is 0.667. The number of rotatable bonds is 7. The molecule has 0 aliphatic rings. The molecule has 1 atom stereocenters. The summed E-state index contributed by atoms with van der Waals surface area (Å²) in [6, 6.07) is 1.80. The third-order valence-corrected chi connectivity index (χ3v) is 2.70. The molecule has 0 aliphatic heterocycles. The minimum atomic E-state index is 0.172. The Kier molecular flexibility index (Phi) is 5.19. The third kappa shape index (κ3) is 3.45. The van der Waals surface area contributed by atoms with Crippen molar-refractivity contribution < 1.29 is 4.79 Å². The lowest BCUT2D eigenvalue weighted by Crippen LogP contribution is -2.14. The number of nitrogens with zero attached hydrogens (tertiary/aromatic N) is 2. The summed E-state index contributed by atoms with van der Waals surface area (Å²) < 4.78 is 1.79. The van der Waals surface area contributed by atoms with Crippen molar-refractivity contribution in [3.63, 3.8) is 0 Å². The van der Waals surface area contributed by atoms with Crippen LogP contribution in [0.4, 0.5) is 0 Å². The molecule has 0 bridgehead atoms. The van der Waals surface area contributed by atoms with Gasteiger partial charge in [0.15, 0.2) is 5.78 Å². The van der Waals surface area contributed by atoms with Crippen LogP contribution in [0.3, 0.4) is 0 Å². The third-order valence-electron chi connectivity index (χ3n) is 2.70. The van der Waals surface area contributed by atoms with Crippen LogP contribution in [0.1, 0.15) is 43.6 Å². The van der Waals surface area contributed by atoms with Crippen molar-refractivity contribution in [1.82, 2.24) is 9.78 Å². The van der Waals surface area contributed by atoms with Crippen LogP contribution >= 0.6 is 0 Å². The summed E-state index contributed by atoms with van der Waals surface area (Å²) >= 11 is 0. The normalized spacial score (nSPS) is 12.7. The van der Waals surface area contributed by atoms with Gasteiger partial charge in [0.1, 0.15) is 5.69 Å². The number of carbonyl (C=O) groups excluding carboxylic acids is 1. The van der Waals surface area contributed by atoms with E-state index in [0.29, 0.717) is 18.9 Å². The second-order valence-electron chi connectivity index (χ2n) is 4.24. The van der Waals surface area contributed by atoms with E-state index in [1.54, 1.807) is 16.9 Å². The lowest BCUT2D eigenvalue weighted by atomic mass is 10.0. The number of nitrogens with two attached hydrogens (primary N) is 1. The number of carbonyl (C=O) groups is 1. The number of hydrogen-bond acceptors (Lipinski definition) is 3. The van der Waals surface area contributed by atoms with Gasteiger partial charge in [-0.15, -0.1) is 0 Å². The molecule has 1 heterocycles. The summed E-state index contributed by atoms with van der Waals surface area (Å²) in [5, 5.41) is 4.15. The molecular formula is C12H21N3O. The summed E-state index contributed by atoms with van der Waals surface area (Å²) in [6.45, 7) is 5.59. The van der Waals surface area contributed by atoms with Gasteiger partial charge in [0, 0.05) is 19.2 Å². The molecule has 16 heavy (non-hydrogen) atoms. The Balaban J connectivity index is 2.55. The monoisotopic (exact) mass is 223 g/mol. The highest BCUT2D eigenvalue weighted by Crippen LogP contribution is 2.10. The first-order valence-corrected chi connectivity index (χ1v) is 5.94. The van der Waals surface area contributed by atoms with E-state index in [2.05, 4.69) is 18.9 Å². The molecule has 1 unspecified atom stereocenters. The molecule has 0 aromatic carbocycles. The molecule has 0 fully saturated rings. The van der Waals surface area contributed by atoms with Gasteiger partial charge in [0.05, 0.1) is 0 Å². The molecule has 0 amide bonds. The minimum absolute atomic E-state index is 0.172. The van der Waals surface area contributed by atoms with Crippen LogP contribution in [0.5, 0.6) is 0 Å². The fourth-order valence-electron chi connectivity index (χ4n) is 1.58. The Labute approximate surface area is 96.8 Å². The first kappa shape index (κ1) is 12.9. The van der Waals surface area contributed by atoms with Crippen molar-refractivity contribution in [2.45, 2.75) is 39.7 Å². The van der Waals surface area contributed by atoms with E-state index < -0.39 is 0 Å². The summed E-state index contributed by atoms with van der Waals surface area (Å²) in [7, 11) is 0. The molecule has 0 saturated carbocycles. The molecule has 90 valence electrons. The zero-order valence-corrected chi connectivity index (χ0v) is 10.1. The second-order valence-corrected chi connectivity index (χ2v) is 4.24. The van der Waals surface area contributed by atoms with E-state index in [-0.39, 0.29) is 5.78 Å². The van der Waals surface area contributed by atoms with Crippen molar-refractivity contribution in [2.75, 3.05) is 6.54 Å². The van der Waals surface area contributed by atoms with Gasteiger partial charge < -0.3 is 5.73 Å². The van der Waals surface area contributed by atoms with Crippen LogP contribution in [0.25, 0.3) is 0 Å². The van der Waals surface area contributed by atoms with Crippen LogP contribution in [-0.2, 0) is 6.54 Å². The maximum Gasteiger partial charge on any atom is 0.180 e. The van der Waals surface area contributed by atoms with Crippen LogP contribution in [0.15, 0.2) is 12.3 Å². The van der Waals surface area contributed by atoms with Crippen LogP contribution in [-0.4, -0.2) is 22.1 Å². The van der Waals surface area contributed by atoms with E-state index in [1.165, 1.54) is 0 Å². The molecule has 1 aromatic heterocycles. The molecule has 0 aliphatic carbocycles. The average Bonchev–Trinajstić information content (AvgIpc) is 2.74. The summed E-state index contributed by atoms with van der Waals surface area (Å²) in [5.41, 5.74) is 6.25. The van der Waals surface area contributed by atoms with Gasteiger partial charge in [0.25, 0.3) is 0 Å². The first-order chi connectivity index (χ1) is 7.69. The van der Waals surface area contributed by atoms with E-state index in [4.69, 9.17) is 5.73 Å². The summed E-state index contributed by atoms with van der Waals surface area (Å²) in [4.78, 5) is 11.9. The van der Waals surface area contributed by atoms with E-state index in [1.807, 2.05) is 0 Å². The van der Waals surface area contributed by atoms with Gasteiger partial charge >= 0.3 is 0 Å². The zero-order chi connectivity index (χ0) is 12.0. The maximum atomic E-state index is 11.9. The number of Topliss-reactive ketones (excluding diaryl/α,β-unsaturated/α-hetero) is 1. The van der Waals surface area contributed by atoms with Gasteiger partial charge in [-0.2, -0.15) is 5.10 Å². The Hall–Kier alpha value is -1.16. The number of hydrogen-bond donors (Lipinski definition) is 1. The smallest absolute Gasteiger partial charge is 0.180 e. The summed E-state index contributed by atoms with van der Waals surface area (Å²) in [5.74, 6) is 0.581. The molecule has 1 rings (SSSR count). The van der Waals surface area contributed by atoms with Crippen LogP contribution in [0, 0.1) is 5.92 Å². The SMILES string of the molecule is CCCn1nccc1C(=O)CCC(C)CN. The molecule has 0 radical (unpaired) electrons. The Morgan fingerprint density at radius 2 is 2.38 bits per heavy atom. The Bertz CT molecular complexity index is 333. The highest BCUT2D eigenvalue weighted by molar-refractivity contribution is 5.94. The van der Waals surface area contributed by atoms with Crippen LogP contribution < -0.4 is 5.73 Å². The lowest BCUT2D eigenvalue weighted by Gasteiger charge is -2.08. The quantitative estimate of drug-likeness (QED) is 0.718. The topological polar surface area (TPSA) is 60.9 Å². The Morgan fingerprint density at radius 1 is 1.62 bits per heavy atom. The second kappa shape index (κ2) is 6.43. The predicted molar refractivity (Wildman–Crippen MR) is 64.3 cm³/mol. The van der Waals surface area contributed by atoms with Crippen molar-refractivity contribution in [3.8, 4) is 0 Å². The standard InChI is InChI=1S/C12H21N3O/c1-3-8-15-11(6-7-14-15)12(16)5-4-10(2)9-13/h6-7,10H,3-5,8-9,13H2,1-2H3. The zero-order valence-electron chi connectivity index (χ0n) is 10.1. The van der Waals surface area contributed by atoms with Crippen molar-refractivity contribution in [2.24, 2.45) is 11.7 Å². The summed E-state index contributed by atoms with van der Waals surface area (Å²) in [6.07, 6.45) is 4.09. The maximum absolute atomic E-state index is 11.9. The van der Waals surface area contributed by atoms with Crippen LogP contribution in [0.2, 0.25) is 0 Å². The van der Waals surface area contributed by atoms with Crippen molar-refractivity contribution >= 4 is 5.78 Å².